The Morgan fingerprint density at radius 3 is 2.57 bits per heavy atom. The summed E-state index contributed by atoms with van der Waals surface area (Å²) in [5.41, 5.74) is 8.48. The molecule has 4 aromatic rings. The van der Waals surface area contributed by atoms with Gasteiger partial charge in [0.15, 0.2) is 0 Å². The smallest absolute Gasteiger partial charge is 0.226 e. The number of aromatic nitrogens is 2. The lowest BCUT2D eigenvalue weighted by atomic mass is 10.1. The summed E-state index contributed by atoms with van der Waals surface area (Å²) in [5.74, 6) is 1.29. The highest BCUT2D eigenvalue weighted by molar-refractivity contribution is 6.31. The lowest BCUT2D eigenvalue weighted by Crippen LogP contribution is -1.95. The van der Waals surface area contributed by atoms with E-state index in [9.17, 15) is 0 Å². The van der Waals surface area contributed by atoms with Gasteiger partial charge in [0.1, 0.15) is 11.5 Å². The summed E-state index contributed by atoms with van der Waals surface area (Å²) in [5, 5.41) is 5.91. The minimum atomic E-state index is 0.580. The average molecular weight is 391 g/mol. The SMILES string of the molecule is Cc1ccc(-c2nc(/C=N/Nc3cc(C)nc4ccc(Cl)cc34)c(C)o2)cc1. The van der Waals surface area contributed by atoms with Gasteiger partial charge < -0.3 is 4.42 Å². The lowest BCUT2D eigenvalue weighted by molar-refractivity contribution is 0.542. The zero-order valence-electron chi connectivity index (χ0n) is 15.8. The Bertz CT molecular complexity index is 1180. The molecule has 4 rings (SSSR count). The number of hydrogen-bond acceptors (Lipinski definition) is 5. The fourth-order valence-corrected chi connectivity index (χ4v) is 3.11. The lowest BCUT2D eigenvalue weighted by Gasteiger charge is -2.07. The Balaban J connectivity index is 1.60. The molecule has 0 aliphatic carbocycles. The molecule has 2 aromatic carbocycles. The molecule has 2 heterocycles. The van der Waals surface area contributed by atoms with Crippen LogP contribution in [0.15, 0.2) is 58.0 Å². The molecule has 0 radical (unpaired) electrons. The summed E-state index contributed by atoms with van der Waals surface area (Å²) >= 11 is 6.14. The molecule has 6 heteroatoms. The van der Waals surface area contributed by atoms with Gasteiger partial charge in [-0.15, -0.1) is 0 Å². The second kappa shape index (κ2) is 7.44. The largest absolute Gasteiger partial charge is 0.441 e. The predicted molar refractivity (Wildman–Crippen MR) is 114 cm³/mol. The number of benzene rings is 2. The van der Waals surface area contributed by atoms with E-state index in [1.54, 1.807) is 6.21 Å². The second-order valence-electron chi connectivity index (χ2n) is 6.67. The van der Waals surface area contributed by atoms with Crippen molar-refractivity contribution < 1.29 is 4.42 Å². The minimum absolute atomic E-state index is 0.580. The molecule has 0 spiro atoms. The second-order valence-corrected chi connectivity index (χ2v) is 7.11. The standard InChI is InChI=1S/C22H19ClN4O/c1-13-4-6-16(7-5-13)22-26-21(15(3)28-22)12-24-27-20-10-14(2)25-19-9-8-17(23)11-18(19)20/h4-12H,1-3H3,(H,25,27)/b24-12+. The first kappa shape index (κ1) is 18.2. The Morgan fingerprint density at radius 2 is 1.79 bits per heavy atom. The molecule has 0 bridgehead atoms. The fourth-order valence-electron chi connectivity index (χ4n) is 2.93. The van der Waals surface area contributed by atoms with E-state index in [-0.39, 0.29) is 0 Å². The Hall–Kier alpha value is -3.18. The van der Waals surface area contributed by atoms with E-state index in [1.807, 2.05) is 69.3 Å². The van der Waals surface area contributed by atoms with Crippen LogP contribution in [-0.4, -0.2) is 16.2 Å². The molecule has 1 N–H and O–H groups in total. The zero-order valence-corrected chi connectivity index (χ0v) is 16.6. The molecule has 0 fully saturated rings. The molecule has 5 nitrogen and oxygen atoms in total. The van der Waals surface area contributed by atoms with Crippen molar-refractivity contribution in [1.82, 2.24) is 9.97 Å². The molecule has 0 unspecified atom stereocenters. The number of rotatable bonds is 4. The van der Waals surface area contributed by atoms with Crippen LogP contribution >= 0.6 is 11.6 Å². The summed E-state index contributed by atoms with van der Waals surface area (Å²) in [6, 6.07) is 15.6. The third kappa shape index (κ3) is 3.75. The molecule has 0 aliphatic heterocycles. The summed E-state index contributed by atoms with van der Waals surface area (Å²) in [6.45, 7) is 5.86. The molecule has 0 aliphatic rings. The van der Waals surface area contributed by atoms with Crippen LogP contribution < -0.4 is 5.43 Å². The summed E-state index contributed by atoms with van der Waals surface area (Å²) in [7, 11) is 0. The van der Waals surface area contributed by atoms with Crippen LogP contribution in [-0.2, 0) is 0 Å². The molecule has 0 saturated carbocycles. The third-order valence-electron chi connectivity index (χ3n) is 4.40. The van der Waals surface area contributed by atoms with Gasteiger partial charge >= 0.3 is 0 Å². The van der Waals surface area contributed by atoms with Crippen LogP contribution in [0.25, 0.3) is 22.4 Å². The van der Waals surface area contributed by atoms with E-state index in [0.717, 1.165) is 27.8 Å². The van der Waals surface area contributed by atoms with Crippen LogP contribution in [0.2, 0.25) is 5.02 Å². The molecular formula is C22H19ClN4O. The van der Waals surface area contributed by atoms with Gasteiger partial charge in [-0.2, -0.15) is 5.10 Å². The third-order valence-corrected chi connectivity index (χ3v) is 4.64. The van der Waals surface area contributed by atoms with Crippen molar-refractivity contribution in [1.29, 1.82) is 0 Å². The van der Waals surface area contributed by atoms with E-state index >= 15 is 0 Å². The fraction of sp³-hybridized carbons (Fsp3) is 0.136. The number of pyridine rings is 1. The highest BCUT2D eigenvalue weighted by Gasteiger charge is 2.10. The molecule has 28 heavy (non-hydrogen) atoms. The van der Waals surface area contributed by atoms with E-state index in [1.165, 1.54) is 5.56 Å². The molecule has 0 amide bonds. The van der Waals surface area contributed by atoms with Crippen LogP contribution in [0.3, 0.4) is 0 Å². The molecule has 0 saturated heterocycles. The number of hydrazone groups is 1. The van der Waals surface area contributed by atoms with Gasteiger partial charge in [0.2, 0.25) is 5.89 Å². The van der Waals surface area contributed by atoms with Crippen LogP contribution in [0.4, 0.5) is 5.69 Å². The Labute approximate surface area is 168 Å². The number of anilines is 1. The van der Waals surface area contributed by atoms with Crippen LogP contribution in [0.5, 0.6) is 0 Å². The first-order valence-corrected chi connectivity index (χ1v) is 9.28. The van der Waals surface area contributed by atoms with Crippen molar-refractivity contribution in [2.24, 2.45) is 5.10 Å². The summed E-state index contributed by atoms with van der Waals surface area (Å²) in [6.07, 6.45) is 1.66. The summed E-state index contributed by atoms with van der Waals surface area (Å²) < 4.78 is 5.79. The van der Waals surface area contributed by atoms with E-state index in [2.05, 4.69) is 20.5 Å². The van der Waals surface area contributed by atoms with Crippen molar-refractivity contribution in [3.8, 4) is 11.5 Å². The van der Waals surface area contributed by atoms with Gasteiger partial charge in [-0.1, -0.05) is 29.3 Å². The molecule has 0 atom stereocenters. The Morgan fingerprint density at radius 1 is 1.00 bits per heavy atom. The number of oxazole rings is 1. The van der Waals surface area contributed by atoms with Crippen molar-refractivity contribution >= 4 is 34.4 Å². The number of nitrogens with one attached hydrogen (secondary N) is 1. The number of nitrogens with zero attached hydrogens (tertiary/aromatic N) is 3. The topological polar surface area (TPSA) is 63.3 Å². The van der Waals surface area contributed by atoms with E-state index in [4.69, 9.17) is 16.0 Å². The molecular weight excluding hydrogens is 372 g/mol. The van der Waals surface area contributed by atoms with E-state index < -0.39 is 0 Å². The van der Waals surface area contributed by atoms with Gasteiger partial charge in [0.25, 0.3) is 0 Å². The zero-order chi connectivity index (χ0) is 19.7. The Kier molecular flexibility index (Phi) is 4.84. The quantitative estimate of drug-likeness (QED) is 0.347. The van der Waals surface area contributed by atoms with Gasteiger partial charge in [-0.3, -0.25) is 10.4 Å². The molecule has 140 valence electrons. The maximum Gasteiger partial charge on any atom is 0.226 e. The average Bonchev–Trinajstić information content (AvgIpc) is 3.03. The van der Waals surface area contributed by atoms with Gasteiger partial charge in [0.05, 0.1) is 17.4 Å². The number of hydrogen-bond donors (Lipinski definition) is 1. The number of fused-ring (bicyclic) bond motifs is 1. The monoisotopic (exact) mass is 390 g/mol. The minimum Gasteiger partial charge on any atom is -0.441 e. The first-order valence-electron chi connectivity index (χ1n) is 8.90. The van der Waals surface area contributed by atoms with Gasteiger partial charge in [0, 0.05) is 21.7 Å². The van der Waals surface area contributed by atoms with E-state index in [0.29, 0.717) is 22.4 Å². The van der Waals surface area contributed by atoms with Crippen molar-refractivity contribution in [2.75, 3.05) is 5.43 Å². The first-order chi connectivity index (χ1) is 13.5. The maximum atomic E-state index is 6.14. The van der Waals surface area contributed by atoms with Crippen LogP contribution in [0.1, 0.15) is 22.7 Å². The highest BCUT2D eigenvalue weighted by Crippen LogP contribution is 2.26. The van der Waals surface area contributed by atoms with Crippen molar-refractivity contribution in [3.05, 3.63) is 76.3 Å². The van der Waals surface area contributed by atoms with Gasteiger partial charge in [-0.05, 0) is 57.2 Å². The number of halogens is 1. The van der Waals surface area contributed by atoms with Crippen LogP contribution in [0, 0.1) is 20.8 Å². The van der Waals surface area contributed by atoms with Crippen molar-refractivity contribution in [3.63, 3.8) is 0 Å². The van der Waals surface area contributed by atoms with Crippen molar-refractivity contribution in [2.45, 2.75) is 20.8 Å². The highest BCUT2D eigenvalue weighted by atomic mass is 35.5. The predicted octanol–water partition coefficient (Wildman–Crippen LogP) is 5.91. The maximum absolute atomic E-state index is 6.14. The van der Waals surface area contributed by atoms with Gasteiger partial charge in [-0.25, -0.2) is 4.98 Å². The molecule has 2 aromatic heterocycles. The summed E-state index contributed by atoms with van der Waals surface area (Å²) in [4.78, 5) is 9.07. The normalized spacial score (nSPS) is 11.4. The number of aryl methyl sites for hydroxylation is 3.